The van der Waals surface area contributed by atoms with Gasteiger partial charge in [0.05, 0.1) is 11.7 Å². The molecule has 0 aliphatic heterocycles. The van der Waals surface area contributed by atoms with Crippen molar-refractivity contribution in [2.45, 2.75) is 46.1 Å². The Morgan fingerprint density at radius 2 is 1.75 bits per heavy atom. The van der Waals surface area contributed by atoms with E-state index in [1.54, 1.807) is 0 Å². The highest BCUT2D eigenvalue weighted by molar-refractivity contribution is 5.62. The number of nitrogens with two attached hydrogens (primary N) is 1. The quantitative estimate of drug-likeness (QED) is 0.854. The maximum absolute atomic E-state index is 6.26. The maximum Gasteiger partial charge on any atom is 0.124 e. The van der Waals surface area contributed by atoms with E-state index in [0.29, 0.717) is 11.8 Å². The minimum atomic E-state index is -0.0232. The Morgan fingerprint density at radius 1 is 1.10 bits per heavy atom. The Kier molecular flexibility index (Phi) is 4.61. The molecule has 1 unspecified atom stereocenters. The summed E-state index contributed by atoms with van der Waals surface area (Å²) in [6.07, 6.45) is 0.944. The van der Waals surface area contributed by atoms with E-state index in [1.165, 1.54) is 5.69 Å². The number of H-pyrrole nitrogens is 1. The van der Waals surface area contributed by atoms with Crippen LogP contribution in [0.25, 0.3) is 11.3 Å². The van der Waals surface area contributed by atoms with Crippen molar-refractivity contribution >= 4 is 0 Å². The normalized spacial score (nSPS) is 13.2. The molecule has 2 aromatic rings. The van der Waals surface area contributed by atoms with Gasteiger partial charge in [0.25, 0.3) is 0 Å². The van der Waals surface area contributed by atoms with Crippen LogP contribution in [0.15, 0.2) is 30.3 Å². The molecule has 1 aromatic carbocycles. The van der Waals surface area contributed by atoms with Gasteiger partial charge in [-0.05, 0) is 18.3 Å². The highest BCUT2D eigenvalue weighted by Crippen LogP contribution is 2.29. The monoisotopic (exact) mass is 271 g/mol. The Morgan fingerprint density at radius 3 is 2.30 bits per heavy atom. The molecular formula is C17H25N3. The topological polar surface area (TPSA) is 54.7 Å². The number of aromatic amines is 1. The number of rotatable bonds is 5. The van der Waals surface area contributed by atoms with Gasteiger partial charge in [0.15, 0.2) is 0 Å². The van der Waals surface area contributed by atoms with E-state index in [2.05, 4.69) is 44.8 Å². The fourth-order valence-corrected chi connectivity index (χ4v) is 2.43. The molecule has 108 valence electrons. The number of aromatic nitrogens is 2. The van der Waals surface area contributed by atoms with E-state index in [-0.39, 0.29) is 6.04 Å². The van der Waals surface area contributed by atoms with Gasteiger partial charge in [-0.15, -0.1) is 0 Å². The summed E-state index contributed by atoms with van der Waals surface area (Å²) in [7, 11) is 0. The predicted octanol–water partition coefficient (Wildman–Crippen LogP) is 4.25. The molecule has 1 atom stereocenters. The largest absolute Gasteiger partial charge is 0.344 e. The van der Waals surface area contributed by atoms with E-state index in [0.717, 1.165) is 23.5 Å². The fraction of sp³-hybridized carbons (Fsp3) is 0.471. The molecule has 20 heavy (non-hydrogen) atoms. The zero-order valence-corrected chi connectivity index (χ0v) is 12.9. The number of benzene rings is 1. The van der Waals surface area contributed by atoms with E-state index in [9.17, 15) is 0 Å². The Hall–Kier alpha value is -1.61. The number of nitrogens with zero attached hydrogens (tertiary/aromatic N) is 1. The summed E-state index contributed by atoms with van der Waals surface area (Å²) in [5, 5.41) is 0. The van der Waals surface area contributed by atoms with Crippen LogP contribution in [0.4, 0.5) is 0 Å². The Balaban J connectivity index is 2.39. The van der Waals surface area contributed by atoms with Crippen LogP contribution in [0.3, 0.4) is 0 Å². The van der Waals surface area contributed by atoms with Crippen molar-refractivity contribution in [1.29, 1.82) is 0 Å². The molecule has 0 saturated heterocycles. The summed E-state index contributed by atoms with van der Waals surface area (Å²) < 4.78 is 0. The van der Waals surface area contributed by atoms with Gasteiger partial charge in [0.2, 0.25) is 0 Å². The predicted molar refractivity (Wildman–Crippen MR) is 84.5 cm³/mol. The second kappa shape index (κ2) is 6.23. The molecule has 0 radical (unpaired) electrons. The minimum absolute atomic E-state index is 0.0232. The Labute approximate surface area is 121 Å². The van der Waals surface area contributed by atoms with E-state index in [4.69, 9.17) is 10.7 Å². The van der Waals surface area contributed by atoms with Crippen molar-refractivity contribution in [1.82, 2.24) is 9.97 Å². The van der Waals surface area contributed by atoms with Crippen LogP contribution in [-0.2, 0) is 0 Å². The van der Waals surface area contributed by atoms with Crippen molar-refractivity contribution in [3.8, 4) is 11.3 Å². The second-order valence-corrected chi connectivity index (χ2v) is 6.14. The third kappa shape index (κ3) is 3.28. The molecule has 0 aliphatic rings. The van der Waals surface area contributed by atoms with Gasteiger partial charge in [-0.25, -0.2) is 4.98 Å². The number of hydrogen-bond donors (Lipinski definition) is 2. The van der Waals surface area contributed by atoms with Crippen LogP contribution < -0.4 is 5.73 Å². The van der Waals surface area contributed by atoms with Gasteiger partial charge in [0, 0.05) is 11.3 Å². The number of imidazole rings is 1. The zero-order valence-electron chi connectivity index (χ0n) is 12.9. The molecule has 1 aromatic heterocycles. The van der Waals surface area contributed by atoms with E-state index in [1.807, 2.05) is 18.2 Å². The molecular weight excluding hydrogens is 246 g/mol. The van der Waals surface area contributed by atoms with Gasteiger partial charge in [-0.1, -0.05) is 58.0 Å². The lowest BCUT2D eigenvalue weighted by Gasteiger charge is -2.11. The molecule has 1 heterocycles. The van der Waals surface area contributed by atoms with Crippen molar-refractivity contribution in [3.05, 3.63) is 41.9 Å². The molecule has 3 heteroatoms. The number of nitrogens with one attached hydrogen (secondary N) is 1. The van der Waals surface area contributed by atoms with Crippen LogP contribution >= 0.6 is 0 Å². The standard InChI is InChI=1S/C17H25N3/c1-11(2)10-14(18)17-19-15(12(3)4)16(20-17)13-8-6-5-7-9-13/h5-9,11-12,14H,10,18H2,1-4H3,(H,19,20). The molecule has 0 fully saturated rings. The third-order valence-corrected chi connectivity index (χ3v) is 3.45. The molecule has 0 bridgehead atoms. The van der Waals surface area contributed by atoms with Crippen LogP contribution in [0.1, 0.15) is 57.6 Å². The van der Waals surface area contributed by atoms with Gasteiger partial charge >= 0.3 is 0 Å². The summed E-state index contributed by atoms with van der Waals surface area (Å²) in [5.74, 6) is 1.87. The first kappa shape index (κ1) is 14.8. The van der Waals surface area contributed by atoms with Crippen molar-refractivity contribution in [2.75, 3.05) is 0 Å². The van der Waals surface area contributed by atoms with Crippen molar-refractivity contribution in [2.24, 2.45) is 11.7 Å². The fourth-order valence-electron chi connectivity index (χ4n) is 2.43. The lowest BCUT2D eigenvalue weighted by Crippen LogP contribution is -2.14. The molecule has 0 spiro atoms. The van der Waals surface area contributed by atoms with Crippen molar-refractivity contribution in [3.63, 3.8) is 0 Å². The van der Waals surface area contributed by atoms with Crippen LogP contribution in [-0.4, -0.2) is 9.97 Å². The lowest BCUT2D eigenvalue weighted by atomic mass is 10.0. The molecule has 0 saturated carbocycles. The van der Waals surface area contributed by atoms with Gasteiger partial charge < -0.3 is 10.7 Å². The summed E-state index contributed by atoms with van der Waals surface area (Å²) in [6, 6.07) is 10.3. The first-order valence-corrected chi connectivity index (χ1v) is 7.39. The second-order valence-electron chi connectivity index (χ2n) is 6.14. The maximum atomic E-state index is 6.26. The van der Waals surface area contributed by atoms with Crippen LogP contribution in [0.5, 0.6) is 0 Å². The lowest BCUT2D eigenvalue weighted by molar-refractivity contribution is 0.495. The SMILES string of the molecule is CC(C)CC(N)c1nc(-c2ccccc2)c(C(C)C)[nH]1. The molecule has 3 nitrogen and oxygen atoms in total. The molecule has 2 rings (SSSR count). The van der Waals surface area contributed by atoms with Gasteiger partial charge in [-0.2, -0.15) is 0 Å². The van der Waals surface area contributed by atoms with Crippen LogP contribution in [0.2, 0.25) is 0 Å². The van der Waals surface area contributed by atoms with E-state index < -0.39 is 0 Å². The first-order chi connectivity index (χ1) is 9.49. The summed E-state index contributed by atoms with van der Waals surface area (Å²) in [6.45, 7) is 8.73. The molecule has 0 amide bonds. The average Bonchev–Trinajstić information content (AvgIpc) is 2.84. The first-order valence-electron chi connectivity index (χ1n) is 7.39. The third-order valence-electron chi connectivity index (χ3n) is 3.45. The van der Waals surface area contributed by atoms with E-state index >= 15 is 0 Å². The molecule has 0 aliphatic carbocycles. The molecule has 3 N–H and O–H groups in total. The van der Waals surface area contributed by atoms with Gasteiger partial charge in [-0.3, -0.25) is 0 Å². The van der Waals surface area contributed by atoms with Crippen LogP contribution in [0, 0.1) is 5.92 Å². The smallest absolute Gasteiger partial charge is 0.124 e. The summed E-state index contributed by atoms with van der Waals surface area (Å²) >= 11 is 0. The van der Waals surface area contributed by atoms with Crippen molar-refractivity contribution < 1.29 is 0 Å². The number of hydrogen-bond acceptors (Lipinski definition) is 2. The zero-order chi connectivity index (χ0) is 14.7. The summed E-state index contributed by atoms with van der Waals surface area (Å²) in [5.41, 5.74) is 9.62. The average molecular weight is 271 g/mol. The Bertz CT molecular complexity index is 541. The minimum Gasteiger partial charge on any atom is -0.344 e. The van der Waals surface area contributed by atoms with Gasteiger partial charge in [0.1, 0.15) is 5.82 Å². The summed E-state index contributed by atoms with van der Waals surface area (Å²) in [4.78, 5) is 8.22. The highest BCUT2D eigenvalue weighted by atomic mass is 15.0. The highest BCUT2D eigenvalue weighted by Gasteiger charge is 2.19.